The monoisotopic (exact) mass is 516 g/mol. The van der Waals surface area contributed by atoms with Crippen LogP contribution in [0.25, 0.3) is 0 Å². The van der Waals surface area contributed by atoms with Gasteiger partial charge in [0.05, 0.1) is 11.4 Å². The number of benzene rings is 2. The van der Waals surface area contributed by atoms with Crippen molar-refractivity contribution >= 4 is 39.3 Å². The third-order valence-corrected chi connectivity index (χ3v) is 6.94. The Bertz CT molecular complexity index is 1130. The van der Waals surface area contributed by atoms with E-state index in [4.69, 9.17) is 4.74 Å². The lowest BCUT2D eigenvalue weighted by atomic mass is 10.0. The van der Waals surface area contributed by atoms with Crippen LogP contribution < -0.4 is 10.1 Å². The summed E-state index contributed by atoms with van der Waals surface area (Å²) in [4.78, 5) is 12.5. The van der Waals surface area contributed by atoms with Gasteiger partial charge in [0.2, 0.25) is 5.91 Å². The predicted octanol–water partition coefficient (Wildman–Crippen LogP) is 5.94. The molecule has 32 heavy (non-hydrogen) atoms. The van der Waals surface area contributed by atoms with Crippen LogP contribution in [0.15, 0.2) is 40.0 Å². The van der Waals surface area contributed by atoms with E-state index >= 15 is 0 Å². The van der Waals surface area contributed by atoms with E-state index < -0.39 is 0 Å². The minimum absolute atomic E-state index is 0.0962. The summed E-state index contributed by atoms with van der Waals surface area (Å²) in [6.07, 6.45) is 0. The van der Waals surface area contributed by atoms with Crippen molar-refractivity contribution < 1.29 is 9.53 Å². The number of aromatic nitrogens is 3. The fourth-order valence-corrected chi connectivity index (χ4v) is 4.46. The number of halogens is 1. The second-order valence-corrected chi connectivity index (χ2v) is 9.99. The largest absolute Gasteiger partial charge is 0.485 e. The molecule has 0 saturated heterocycles. The summed E-state index contributed by atoms with van der Waals surface area (Å²) in [5.41, 5.74) is 5.39. The van der Waals surface area contributed by atoms with E-state index in [-0.39, 0.29) is 11.7 Å². The number of aryl methyl sites for hydroxylation is 3. The van der Waals surface area contributed by atoms with Gasteiger partial charge in [-0.15, -0.1) is 10.2 Å². The molecule has 1 heterocycles. The molecule has 0 unspecified atom stereocenters. The number of thioether (sulfide) groups is 1. The van der Waals surface area contributed by atoms with Gasteiger partial charge in [-0.25, -0.2) is 0 Å². The van der Waals surface area contributed by atoms with Crippen molar-refractivity contribution in [1.29, 1.82) is 0 Å². The molecule has 0 spiro atoms. The third kappa shape index (κ3) is 5.92. The smallest absolute Gasteiger partial charge is 0.234 e. The van der Waals surface area contributed by atoms with Crippen molar-refractivity contribution in [3.63, 3.8) is 0 Å². The third-order valence-electron chi connectivity index (χ3n) is 5.26. The molecule has 3 rings (SSSR count). The first kappa shape index (κ1) is 24.3. The SMILES string of the molecule is Cc1ccc(C(C)C)c(OCc2nnc(SCC(=O)Nc3cc(C)c(C)cc3Br)n2C)c1. The van der Waals surface area contributed by atoms with E-state index in [0.29, 0.717) is 23.5 Å². The molecule has 8 heteroatoms. The van der Waals surface area contributed by atoms with Gasteiger partial charge in [0.1, 0.15) is 12.4 Å². The molecule has 0 aliphatic rings. The summed E-state index contributed by atoms with van der Waals surface area (Å²) in [6, 6.07) is 10.2. The first-order valence-electron chi connectivity index (χ1n) is 10.5. The van der Waals surface area contributed by atoms with Crippen molar-refractivity contribution in [3.8, 4) is 5.75 Å². The van der Waals surface area contributed by atoms with E-state index in [2.05, 4.69) is 70.4 Å². The summed E-state index contributed by atoms with van der Waals surface area (Å²) in [7, 11) is 1.89. The number of nitrogens with zero attached hydrogens (tertiary/aromatic N) is 3. The number of anilines is 1. The minimum Gasteiger partial charge on any atom is -0.485 e. The van der Waals surface area contributed by atoms with Crippen molar-refractivity contribution in [2.75, 3.05) is 11.1 Å². The molecule has 1 aromatic heterocycles. The maximum atomic E-state index is 12.5. The van der Waals surface area contributed by atoms with Gasteiger partial charge in [0.15, 0.2) is 11.0 Å². The maximum absolute atomic E-state index is 12.5. The topological polar surface area (TPSA) is 69.0 Å². The highest BCUT2D eigenvalue weighted by Gasteiger charge is 2.15. The highest BCUT2D eigenvalue weighted by molar-refractivity contribution is 9.10. The van der Waals surface area contributed by atoms with Crippen LogP contribution in [0.3, 0.4) is 0 Å². The highest BCUT2D eigenvalue weighted by Crippen LogP contribution is 2.29. The molecule has 0 radical (unpaired) electrons. The zero-order chi connectivity index (χ0) is 23.4. The van der Waals surface area contributed by atoms with Crippen LogP contribution in [-0.4, -0.2) is 26.4 Å². The average molecular weight is 517 g/mol. The van der Waals surface area contributed by atoms with Crippen molar-refractivity contribution in [1.82, 2.24) is 14.8 Å². The lowest BCUT2D eigenvalue weighted by Gasteiger charge is -2.14. The molecule has 3 aromatic rings. The molecule has 0 bridgehead atoms. The van der Waals surface area contributed by atoms with E-state index in [1.807, 2.05) is 37.6 Å². The molecular weight excluding hydrogens is 488 g/mol. The number of amides is 1. The Morgan fingerprint density at radius 2 is 1.88 bits per heavy atom. The lowest BCUT2D eigenvalue weighted by Crippen LogP contribution is -2.15. The highest BCUT2D eigenvalue weighted by atomic mass is 79.9. The van der Waals surface area contributed by atoms with E-state index in [1.165, 1.54) is 22.9 Å². The second-order valence-electron chi connectivity index (χ2n) is 8.20. The number of nitrogens with one attached hydrogen (secondary N) is 1. The van der Waals surface area contributed by atoms with Gasteiger partial charge < -0.3 is 14.6 Å². The predicted molar refractivity (Wildman–Crippen MR) is 134 cm³/mol. The normalized spacial score (nSPS) is 11.1. The van der Waals surface area contributed by atoms with Gasteiger partial charge in [-0.1, -0.05) is 37.7 Å². The van der Waals surface area contributed by atoms with Crippen LogP contribution in [0.1, 0.15) is 47.8 Å². The summed E-state index contributed by atoms with van der Waals surface area (Å²) >= 11 is 4.86. The van der Waals surface area contributed by atoms with E-state index in [1.54, 1.807) is 0 Å². The van der Waals surface area contributed by atoms with Gasteiger partial charge in [0.25, 0.3) is 0 Å². The second kappa shape index (κ2) is 10.5. The van der Waals surface area contributed by atoms with Crippen LogP contribution >= 0.6 is 27.7 Å². The fourth-order valence-electron chi connectivity index (χ4n) is 3.18. The Morgan fingerprint density at radius 1 is 1.16 bits per heavy atom. The van der Waals surface area contributed by atoms with Crippen LogP contribution in [0.2, 0.25) is 0 Å². The maximum Gasteiger partial charge on any atom is 0.234 e. The van der Waals surface area contributed by atoms with Crippen molar-refractivity contribution in [2.45, 2.75) is 52.3 Å². The number of ether oxygens (including phenoxy) is 1. The summed E-state index contributed by atoms with van der Waals surface area (Å²) in [5, 5.41) is 12.1. The first-order chi connectivity index (χ1) is 15.2. The number of hydrogen-bond donors (Lipinski definition) is 1. The number of hydrogen-bond acceptors (Lipinski definition) is 5. The average Bonchev–Trinajstić information content (AvgIpc) is 3.08. The quantitative estimate of drug-likeness (QED) is 0.375. The Hall–Kier alpha value is -2.32. The zero-order valence-electron chi connectivity index (χ0n) is 19.3. The molecule has 0 atom stereocenters. The fraction of sp³-hybridized carbons (Fsp3) is 0.375. The molecule has 0 saturated carbocycles. The van der Waals surface area contributed by atoms with E-state index in [0.717, 1.165) is 27.0 Å². The zero-order valence-corrected chi connectivity index (χ0v) is 21.7. The summed E-state index contributed by atoms with van der Waals surface area (Å²) in [6.45, 7) is 10.7. The molecule has 0 aliphatic carbocycles. The van der Waals surface area contributed by atoms with Crippen LogP contribution in [0.5, 0.6) is 5.75 Å². The molecule has 170 valence electrons. The molecule has 6 nitrogen and oxygen atoms in total. The molecule has 0 aliphatic heterocycles. The number of rotatable bonds is 8. The molecule has 0 fully saturated rings. The molecular formula is C24H29BrN4O2S. The number of carbonyl (C=O) groups is 1. The van der Waals surface area contributed by atoms with Crippen LogP contribution in [-0.2, 0) is 18.4 Å². The Morgan fingerprint density at radius 3 is 2.59 bits per heavy atom. The molecule has 2 aromatic carbocycles. The Kier molecular flexibility index (Phi) is 8.00. The van der Waals surface area contributed by atoms with Gasteiger partial charge in [-0.2, -0.15) is 0 Å². The van der Waals surface area contributed by atoms with Crippen LogP contribution in [0, 0.1) is 20.8 Å². The number of carbonyl (C=O) groups excluding carboxylic acids is 1. The van der Waals surface area contributed by atoms with Gasteiger partial charge in [0, 0.05) is 11.5 Å². The molecule has 1 N–H and O–H groups in total. The summed E-state index contributed by atoms with van der Waals surface area (Å²) in [5.74, 6) is 2.09. The van der Waals surface area contributed by atoms with Gasteiger partial charge in [-0.05, 0) is 83.1 Å². The van der Waals surface area contributed by atoms with Gasteiger partial charge in [-0.3, -0.25) is 4.79 Å². The van der Waals surface area contributed by atoms with E-state index in [9.17, 15) is 4.79 Å². The minimum atomic E-state index is -0.0962. The Balaban J connectivity index is 1.60. The Labute approximate surface area is 202 Å². The molecule has 1 amide bonds. The van der Waals surface area contributed by atoms with Crippen molar-refractivity contribution in [3.05, 3.63) is 62.9 Å². The lowest BCUT2D eigenvalue weighted by molar-refractivity contribution is -0.113. The van der Waals surface area contributed by atoms with Crippen molar-refractivity contribution in [2.24, 2.45) is 7.05 Å². The van der Waals surface area contributed by atoms with Crippen LogP contribution in [0.4, 0.5) is 5.69 Å². The summed E-state index contributed by atoms with van der Waals surface area (Å²) < 4.78 is 8.82. The first-order valence-corrected chi connectivity index (χ1v) is 12.2. The van der Waals surface area contributed by atoms with Gasteiger partial charge >= 0.3 is 0 Å². The standard InChI is InChI=1S/C24H29BrN4O2S/c1-14(2)18-8-7-15(3)9-21(18)31-12-22-27-28-24(29(22)6)32-13-23(30)26-20-11-17(5)16(4)10-19(20)25/h7-11,14H,12-13H2,1-6H3,(H,26,30).